The largest absolute Gasteiger partial charge is 0.496 e. The van der Waals surface area contributed by atoms with Crippen LogP contribution in [0.25, 0.3) is 11.8 Å². The fourth-order valence-corrected chi connectivity index (χ4v) is 10.7. The van der Waals surface area contributed by atoms with Crippen molar-refractivity contribution in [3.63, 3.8) is 0 Å². The summed E-state index contributed by atoms with van der Waals surface area (Å²) in [5.41, 5.74) is 8.16. The summed E-state index contributed by atoms with van der Waals surface area (Å²) >= 11 is 0. The van der Waals surface area contributed by atoms with Crippen LogP contribution in [0.2, 0.25) is 0 Å². The topological polar surface area (TPSA) is 9.23 Å². The number of methoxy groups -OCH3 is 1. The number of benzene rings is 2. The normalized spacial score (nSPS) is 22.7. The second-order valence-corrected chi connectivity index (χ2v) is 12.2. The Morgan fingerprint density at radius 2 is 1.27 bits per heavy atom. The van der Waals surface area contributed by atoms with Crippen molar-refractivity contribution in [1.82, 2.24) is 0 Å². The predicted molar refractivity (Wildman–Crippen MR) is 130 cm³/mol. The molecular weight excluding hydrogens is 383 g/mol. The summed E-state index contributed by atoms with van der Waals surface area (Å²) in [6.45, 7) is 0. The maximum Gasteiger partial charge on any atom is 0.126 e. The van der Waals surface area contributed by atoms with Crippen molar-refractivity contribution in [1.29, 1.82) is 0 Å². The third-order valence-electron chi connectivity index (χ3n) is 7.61. The SMILES string of the molecule is COC1=Cc2ccccc2C(P(C2CCCCC2)C2CCCCC2)c2ccccc21. The Bertz CT molecular complexity index is 871. The van der Waals surface area contributed by atoms with Crippen LogP contribution in [0.4, 0.5) is 0 Å². The third kappa shape index (κ3) is 3.87. The molecule has 5 rings (SSSR count). The molecule has 2 fully saturated rings. The van der Waals surface area contributed by atoms with E-state index in [2.05, 4.69) is 54.6 Å². The molecule has 0 amide bonds. The third-order valence-corrected chi connectivity index (χ3v) is 11.5. The second-order valence-electron chi connectivity index (χ2n) is 9.36. The highest BCUT2D eigenvalue weighted by Crippen LogP contribution is 2.67. The first-order valence-electron chi connectivity index (χ1n) is 12.1. The zero-order chi connectivity index (χ0) is 20.3. The first-order valence-corrected chi connectivity index (χ1v) is 13.6. The maximum absolute atomic E-state index is 5.94. The van der Waals surface area contributed by atoms with Gasteiger partial charge in [0.05, 0.1) is 7.11 Å². The van der Waals surface area contributed by atoms with Crippen LogP contribution < -0.4 is 0 Å². The van der Waals surface area contributed by atoms with E-state index in [1.165, 1.54) is 80.9 Å². The minimum atomic E-state index is -0.118. The average molecular weight is 419 g/mol. The van der Waals surface area contributed by atoms with Crippen LogP contribution in [0.3, 0.4) is 0 Å². The number of ether oxygens (including phenoxy) is 1. The smallest absolute Gasteiger partial charge is 0.126 e. The summed E-state index contributed by atoms with van der Waals surface area (Å²) in [7, 11) is 1.71. The van der Waals surface area contributed by atoms with E-state index in [1.54, 1.807) is 5.56 Å². The molecule has 30 heavy (non-hydrogen) atoms. The molecule has 0 bridgehead atoms. The predicted octanol–water partition coefficient (Wildman–Crippen LogP) is 8.38. The van der Waals surface area contributed by atoms with Crippen molar-refractivity contribution >= 4 is 19.8 Å². The molecule has 2 heteroatoms. The molecule has 1 unspecified atom stereocenters. The van der Waals surface area contributed by atoms with Gasteiger partial charge in [0, 0.05) is 11.2 Å². The first-order chi connectivity index (χ1) is 14.9. The molecule has 2 saturated carbocycles. The Hall–Kier alpha value is -1.59. The monoisotopic (exact) mass is 418 g/mol. The van der Waals surface area contributed by atoms with Gasteiger partial charge in [-0.25, -0.2) is 0 Å². The van der Waals surface area contributed by atoms with Crippen LogP contribution in [0.15, 0.2) is 48.5 Å². The van der Waals surface area contributed by atoms with Crippen molar-refractivity contribution in [2.45, 2.75) is 81.2 Å². The molecule has 1 nitrogen and oxygen atoms in total. The summed E-state index contributed by atoms with van der Waals surface area (Å²) in [6, 6.07) is 18.3. The Labute approximate surface area is 183 Å². The number of fused-ring (bicyclic) bond motifs is 2. The molecule has 2 aromatic carbocycles. The van der Waals surface area contributed by atoms with Gasteiger partial charge in [0.25, 0.3) is 0 Å². The van der Waals surface area contributed by atoms with Gasteiger partial charge in [-0.1, -0.05) is 95.0 Å². The van der Waals surface area contributed by atoms with Crippen LogP contribution >= 0.6 is 7.92 Å². The molecule has 3 aliphatic rings. The van der Waals surface area contributed by atoms with Gasteiger partial charge in [0.1, 0.15) is 5.76 Å². The number of hydrogen-bond acceptors (Lipinski definition) is 1. The van der Waals surface area contributed by atoms with Crippen LogP contribution in [0.1, 0.15) is 92.1 Å². The molecule has 3 aliphatic carbocycles. The van der Waals surface area contributed by atoms with E-state index in [0.29, 0.717) is 5.66 Å². The summed E-state index contributed by atoms with van der Waals surface area (Å²) < 4.78 is 5.94. The Kier molecular flexibility index (Phi) is 6.28. The molecule has 1 atom stereocenters. The molecular formula is C28H35OP. The number of hydrogen-bond donors (Lipinski definition) is 0. The summed E-state index contributed by atoms with van der Waals surface area (Å²) in [4.78, 5) is 0. The fraction of sp³-hybridized carbons (Fsp3) is 0.500. The minimum absolute atomic E-state index is 0.118. The van der Waals surface area contributed by atoms with E-state index in [0.717, 1.165) is 17.1 Å². The van der Waals surface area contributed by atoms with Gasteiger partial charge in [-0.05, 0) is 59.8 Å². The average Bonchev–Trinajstić information content (AvgIpc) is 2.96. The van der Waals surface area contributed by atoms with Crippen molar-refractivity contribution in [2.24, 2.45) is 0 Å². The Morgan fingerprint density at radius 1 is 0.700 bits per heavy atom. The lowest BCUT2D eigenvalue weighted by Gasteiger charge is -2.44. The zero-order valence-electron chi connectivity index (χ0n) is 18.4. The van der Waals surface area contributed by atoms with E-state index < -0.39 is 0 Å². The van der Waals surface area contributed by atoms with Crippen molar-refractivity contribution in [3.8, 4) is 0 Å². The van der Waals surface area contributed by atoms with Gasteiger partial charge in [-0.15, -0.1) is 0 Å². The molecule has 0 heterocycles. The molecule has 0 N–H and O–H groups in total. The van der Waals surface area contributed by atoms with Crippen LogP contribution in [-0.2, 0) is 4.74 Å². The summed E-state index contributed by atoms with van der Waals surface area (Å²) in [6.07, 6.45) is 16.7. The zero-order valence-corrected chi connectivity index (χ0v) is 19.2. The van der Waals surface area contributed by atoms with Crippen molar-refractivity contribution in [2.75, 3.05) is 7.11 Å². The lowest BCUT2D eigenvalue weighted by Crippen LogP contribution is -2.24. The van der Waals surface area contributed by atoms with Gasteiger partial charge in [0.15, 0.2) is 0 Å². The minimum Gasteiger partial charge on any atom is -0.496 e. The standard InChI is InChI=1S/C28H35OP/c1-29-27-20-21-12-8-9-17-24(21)28(26-19-11-10-18-25(26)27)30(22-13-4-2-5-14-22)23-15-6-3-7-16-23/h8-12,17-20,22-23,28H,2-7,13-16H2,1H3. The highest BCUT2D eigenvalue weighted by molar-refractivity contribution is 7.59. The van der Waals surface area contributed by atoms with Crippen molar-refractivity contribution in [3.05, 3.63) is 70.8 Å². The van der Waals surface area contributed by atoms with Crippen LogP contribution in [0, 0.1) is 0 Å². The molecule has 0 saturated heterocycles. The highest BCUT2D eigenvalue weighted by Gasteiger charge is 2.40. The quantitative estimate of drug-likeness (QED) is 0.453. The Morgan fingerprint density at radius 3 is 1.90 bits per heavy atom. The van der Waals surface area contributed by atoms with Crippen LogP contribution in [-0.4, -0.2) is 18.4 Å². The molecule has 2 aromatic rings. The van der Waals surface area contributed by atoms with Gasteiger partial charge < -0.3 is 4.74 Å². The van der Waals surface area contributed by atoms with Gasteiger partial charge in [-0.2, -0.15) is 0 Å². The lowest BCUT2D eigenvalue weighted by atomic mass is 9.98. The van der Waals surface area contributed by atoms with E-state index in [9.17, 15) is 0 Å². The summed E-state index contributed by atoms with van der Waals surface area (Å²) in [5.74, 6) is 1.03. The lowest BCUT2D eigenvalue weighted by molar-refractivity contribution is 0.372. The van der Waals surface area contributed by atoms with E-state index >= 15 is 0 Å². The van der Waals surface area contributed by atoms with Gasteiger partial charge in [-0.3, -0.25) is 0 Å². The Balaban J connectivity index is 1.68. The number of rotatable bonds is 4. The van der Waals surface area contributed by atoms with Gasteiger partial charge >= 0.3 is 0 Å². The molecule has 0 spiro atoms. The second kappa shape index (κ2) is 9.27. The summed E-state index contributed by atoms with van der Waals surface area (Å²) in [5, 5.41) is 0. The highest BCUT2D eigenvalue weighted by atomic mass is 31.1. The molecule has 158 valence electrons. The van der Waals surface area contributed by atoms with Crippen LogP contribution in [0.5, 0.6) is 0 Å². The van der Waals surface area contributed by atoms with Gasteiger partial charge in [0.2, 0.25) is 0 Å². The first kappa shape index (κ1) is 20.3. The van der Waals surface area contributed by atoms with E-state index in [1.807, 2.05) is 7.11 Å². The van der Waals surface area contributed by atoms with Crippen molar-refractivity contribution < 1.29 is 4.74 Å². The molecule has 0 aromatic heterocycles. The van der Waals surface area contributed by atoms with E-state index in [-0.39, 0.29) is 7.92 Å². The van der Waals surface area contributed by atoms with E-state index in [4.69, 9.17) is 4.74 Å². The maximum atomic E-state index is 5.94. The molecule has 0 aliphatic heterocycles. The molecule has 0 radical (unpaired) electrons. The fourth-order valence-electron chi connectivity index (χ4n) is 6.21.